The van der Waals surface area contributed by atoms with Crippen LogP contribution in [0, 0.1) is 29.6 Å². The molecule has 0 saturated carbocycles. The second-order valence-electron chi connectivity index (χ2n) is 20.5. The lowest BCUT2D eigenvalue weighted by atomic mass is 9.97. The number of carboxylic acids is 1. The van der Waals surface area contributed by atoms with Gasteiger partial charge in [0.25, 0.3) is 0 Å². The zero-order valence-corrected chi connectivity index (χ0v) is 45.2. The predicted octanol–water partition coefficient (Wildman–Crippen LogP) is -0.239. The van der Waals surface area contributed by atoms with Gasteiger partial charge < -0.3 is 69.3 Å². The molecule has 0 aromatic carbocycles. The number of amides is 8. The molecule has 22 nitrogen and oxygen atoms in total. The molecular formula is C48H90N10O12S. The van der Waals surface area contributed by atoms with Crippen LogP contribution < -0.4 is 54.0 Å². The number of aliphatic carboxylic acids is 1. The maximum Gasteiger partial charge on any atom is 0.326 e. The van der Waals surface area contributed by atoms with Gasteiger partial charge in [-0.1, -0.05) is 69.2 Å². The fourth-order valence-corrected chi connectivity index (χ4v) is 7.81. The number of carboxylic acid groups (broad SMARTS) is 1. The lowest BCUT2D eigenvalue weighted by Gasteiger charge is -2.30. The second kappa shape index (κ2) is 34.0. The van der Waals surface area contributed by atoms with Crippen LogP contribution in [-0.2, 0) is 43.2 Å². The van der Waals surface area contributed by atoms with Crippen molar-refractivity contribution in [3.63, 3.8) is 0 Å². The van der Waals surface area contributed by atoms with Gasteiger partial charge in [-0.05, 0) is 113 Å². The Hall–Kier alpha value is -4.58. The molecule has 0 radical (unpaired) electrons. The third-order valence-corrected chi connectivity index (χ3v) is 11.9. The van der Waals surface area contributed by atoms with Crippen molar-refractivity contribution in [1.29, 1.82) is 0 Å². The first-order valence-corrected chi connectivity index (χ1v) is 26.3. The average Bonchev–Trinajstić information content (AvgIpc) is 3.25. The van der Waals surface area contributed by atoms with E-state index >= 15 is 0 Å². The van der Waals surface area contributed by atoms with Crippen LogP contribution in [0.1, 0.15) is 134 Å². The number of carbonyl (C=O) groups is 9. The molecule has 71 heavy (non-hydrogen) atoms. The topological polar surface area (TPSA) is 363 Å². The number of carbonyl (C=O) groups excluding carboxylic acids is 8. The Morgan fingerprint density at radius 2 is 0.775 bits per heavy atom. The lowest BCUT2D eigenvalue weighted by molar-refractivity contribution is -0.143. The summed E-state index contributed by atoms with van der Waals surface area (Å²) in [5.41, 5.74) is 11.6. The van der Waals surface area contributed by atoms with Crippen LogP contribution in [-0.4, -0.2) is 154 Å². The van der Waals surface area contributed by atoms with Gasteiger partial charge in [0.15, 0.2) is 0 Å². The Labute approximate surface area is 425 Å². The molecule has 0 bridgehead atoms. The van der Waals surface area contributed by atoms with Crippen molar-refractivity contribution in [2.24, 2.45) is 41.1 Å². The Bertz CT molecular complexity index is 1720. The number of hydrogen-bond acceptors (Lipinski definition) is 14. The number of thioether (sulfide) groups is 1. The quantitative estimate of drug-likeness (QED) is 0.0365. The standard InChI is InChI=1S/C48H90N10O12S/c1-24(2)20-33(53-40(61)31(16-14-15-18-49)51-41(62)32(17-19-71-13)52-45(66)37(50)29(11)59)42(63)54-34(21-25(3)4)43(64)55-35(22-26(5)6)44(65)57-38(28(9)10)46(67)58-39(30(12)60)47(68)56-36(48(69)70)23-27(7)8/h24-39,59-60H,14-23,49-50H2,1-13H3,(H,51,62)(H,52,66)(H,53,61)(H,54,63)(H,55,64)(H,56,68)(H,57,65)(H,58,67)(H,69,70)/t29-,30-,31+,32+,33+,34+,35+,36+,37+,38+,39+/m1/s1. The molecule has 0 saturated heterocycles. The Morgan fingerprint density at radius 3 is 1.14 bits per heavy atom. The number of unbranched alkanes of at least 4 members (excludes halogenated alkanes) is 1. The first-order valence-electron chi connectivity index (χ1n) is 24.9. The molecule has 0 spiro atoms. The van der Waals surface area contributed by atoms with Gasteiger partial charge in [0.05, 0.1) is 12.2 Å². The monoisotopic (exact) mass is 1030 g/mol. The summed E-state index contributed by atoms with van der Waals surface area (Å²) in [6, 6.07) is -11.3. The molecule has 0 unspecified atom stereocenters. The van der Waals surface area contributed by atoms with Gasteiger partial charge in [0.2, 0.25) is 47.3 Å². The molecule has 0 aromatic rings. The summed E-state index contributed by atoms with van der Waals surface area (Å²) in [6.07, 6.45) is 0.917. The molecule has 23 heteroatoms. The zero-order valence-electron chi connectivity index (χ0n) is 44.4. The fraction of sp³-hybridized carbons (Fsp3) is 0.812. The molecule has 0 aromatic heterocycles. The van der Waals surface area contributed by atoms with Crippen LogP contribution in [0.5, 0.6) is 0 Å². The molecule has 410 valence electrons. The first-order chi connectivity index (χ1) is 33.0. The summed E-state index contributed by atoms with van der Waals surface area (Å²) >= 11 is 1.43. The maximum absolute atomic E-state index is 14.2. The highest BCUT2D eigenvalue weighted by molar-refractivity contribution is 7.98. The Morgan fingerprint density at radius 1 is 0.437 bits per heavy atom. The van der Waals surface area contributed by atoms with Crippen molar-refractivity contribution in [3.8, 4) is 0 Å². The Balaban J connectivity index is 6.61. The molecule has 0 aliphatic carbocycles. The number of aliphatic hydroxyl groups is 2. The van der Waals surface area contributed by atoms with E-state index in [4.69, 9.17) is 11.5 Å². The van der Waals surface area contributed by atoms with E-state index in [1.807, 2.05) is 47.8 Å². The van der Waals surface area contributed by atoms with Crippen molar-refractivity contribution in [2.45, 2.75) is 201 Å². The smallest absolute Gasteiger partial charge is 0.326 e. The molecule has 0 aliphatic rings. The minimum absolute atomic E-state index is 0.0940. The van der Waals surface area contributed by atoms with Crippen LogP contribution in [0.15, 0.2) is 0 Å². The van der Waals surface area contributed by atoms with Crippen LogP contribution in [0.4, 0.5) is 0 Å². The van der Waals surface area contributed by atoms with Crippen molar-refractivity contribution >= 4 is 65.0 Å². The van der Waals surface area contributed by atoms with Gasteiger partial charge in [-0.2, -0.15) is 11.8 Å². The van der Waals surface area contributed by atoms with E-state index < -0.39 is 126 Å². The van der Waals surface area contributed by atoms with Crippen molar-refractivity contribution in [3.05, 3.63) is 0 Å². The highest BCUT2D eigenvalue weighted by atomic mass is 32.2. The van der Waals surface area contributed by atoms with E-state index in [0.29, 0.717) is 25.1 Å². The van der Waals surface area contributed by atoms with Gasteiger partial charge >= 0.3 is 5.97 Å². The molecule has 0 fully saturated rings. The van der Waals surface area contributed by atoms with E-state index in [1.54, 1.807) is 27.7 Å². The largest absolute Gasteiger partial charge is 0.480 e. The van der Waals surface area contributed by atoms with Crippen LogP contribution in [0.3, 0.4) is 0 Å². The van der Waals surface area contributed by atoms with E-state index in [2.05, 4.69) is 42.5 Å². The SMILES string of the molecule is CSCC[C@H](NC(=O)[C@@H](N)[C@@H](C)O)C(=O)N[C@@H](CCCCN)C(=O)N[C@@H](CC(C)C)C(=O)N[C@@H](CC(C)C)C(=O)N[C@@H](CC(C)C)C(=O)N[C@H](C(=O)N[C@H](C(=O)N[C@@H](CC(C)C)C(=O)O)[C@@H](C)O)C(C)C. The van der Waals surface area contributed by atoms with Crippen molar-refractivity contribution < 1.29 is 58.5 Å². The van der Waals surface area contributed by atoms with Gasteiger partial charge in [-0.15, -0.1) is 0 Å². The highest BCUT2D eigenvalue weighted by Crippen LogP contribution is 2.14. The van der Waals surface area contributed by atoms with Crippen molar-refractivity contribution in [1.82, 2.24) is 42.5 Å². The van der Waals surface area contributed by atoms with E-state index in [1.165, 1.54) is 25.6 Å². The van der Waals surface area contributed by atoms with Crippen LogP contribution in [0.2, 0.25) is 0 Å². The minimum atomic E-state index is -1.57. The van der Waals surface area contributed by atoms with Crippen LogP contribution in [0.25, 0.3) is 0 Å². The second-order valence-corrected chi connectivity index (χ2v) is 21.5. The van der Waals surface area contributed by atoms with E-state index in [9.17, 15) is 58.5 Å². The molecule has 0 aliphatic heterocycles. The summed E-state index contributed by atoms with van der Waals surface area (Å²) in [7, 11) is 0. The summed E-state index contributed by atoms with van der Waals surface area (Å²) in [5, 5.41) is 51.1. The number of nitrogens with two attached hydrogens (primary N) is 2. The summed E-state index contributed by atoms with van der Waals surface area (Å²) in [4.78, 5) is 122. The molecule has 11 atom stereocenters. The normalized spacial score (nSPS) is 16.3. The fourth-order valence-electron chi connectivity index (χ4n) is 7.34. The number of nitrogens with one attached hydrogen (secondary N) is 8. The predicted molar refractivity (Wildman–Crippen MR) is 273 cm³/mol. The van der Waals surface area contributed by atoms with Crippen LogP contribution >= 0.6 is 11.8 Å². The lowest BCUT2D eigenvalue weighted by Crippen LogP contribution is -2.62. The third-order valence-electron chi connectivity index (χ3n) is 11.3. The van der Waals surface area contributed by atoms with Gasteiger partial charge in [0, 0.05) is 0 Å². The first kappa shape index (κ1) is 66.4. The van der Waals surface area contributed by atoms with E-state index in [-0.39, 0.29) is 62.2 Å². The van der Waals surface area contributed by atoms with Gasteiger partial charge in [0.1, 0.15) is 54.4 Å². The maximum atomic E-state index is 14.2. The zero-order chi connectivity index (χ0) is 54.9. The van der Waals surface area contributed by atoms with E-state index in [0.717, 1.165) is 0 Å². The molecule has 8 amide bonds. The van der Waals surface area contributed by atoms with Gasteiger partial charge in [-0.25, -0.2) is 4.79 Å². The Kier molecular flexibility index (Phi) is 31.8. The van der Waals surface area contributed by atoms with Gasteiger partial charge in [-0.3, -0.25) is 38.4 Å². The molecule has 15 N–H and O–H groups in total. The third kappa shape index (κ3) is 26.1. The highest BCUT2D eigenvalue weighted by Gasteiger charge is 2.37. The number of hydrogen-bond donors (Lipinski definition) is 13. The molecule has 0 heterocycles. The molecular weight excluding hydrogens is 941 g/mol. The summed E-state index contributed by atoms with van der Waals surface area (Å²) < 4.78 is 0. The number of aliphatic hydroxyl groups excluding tert-OH is 2. The molecule has 0 rings (SSSR count). The average molecular weight is 1030 g/mol. The number of rotatable bonds is 35. The van der Waals surface area contributed by atoms with Crippen molar-refractivity contribution in [2.75, 3.05) is 18.6 Å². The minimum Gasteiger partial charge on any atom is -0.480 e. The summed E-state index contributed by atoms with van der Waals surface area (Å²) in [5.74, 6) is -7.98. The summed E-state index contributed by atoms with van der Waals surface area (Å²) in [6.45, 7) is 20.7.